The highest BCUT2D eigenvalue weighted by Crippen LogP contribution is 2.19. The molecule has 0 atom stereocenters. The van der Waals surface area contributed by atoms with Gasteiger partial charge in [0.25, 0.3) is 0 Å². The molecule has 0 spiro atoms. The second-order valence-corrected chi connectivity index (χ2v) is 7.52. The van der Waals surface area contributed by atoms with E-state index >= 15 is 0 Å². The summed E-state index contributed by atoms with van der Waals surface area (Å²) in [4.78, 5) is 41.2. The van der Waals surface area contributed by atoms with E-state index in [-0.39, 0.29) is 17.7 Å². The van der Waals surface area contributed by atoms with Crippen LogP contribution in [0.15, 0.2) is 18.5 Å². The van der Waals surface area contributed by atoms with Gasteiger partial charge in [0.05, 0.1) is 0 Å². The predicted octanol–water partition coefficient (Wildman–Crippen LogP) is 0.316. The fourth-order valence-electron chi connectivity index (χ4n) is 3.79. The highest BCUT2D eigenvalue weighted by molar-refractivity contribution is 5.78. The summed E-state index contributed by atoms with van der Waals surface area (Å²) in [5.41, 5.74) is 0. The van der Waals surface area contributed by atoms with Crippen molar-refractivity contribution in [2.75, 3.05) is 64.8 Å². The van der Waals surface area contributed by atoms with Crippen LogP contribution in [-0.4, -0.2) is 96.4 Å². The van der Waals surface area contributed by atoms with Gasteiger partial charge >= 0.3 is 0 Å². The Morgan fingerprint density at radius 2 is 1.67 bits per heavy atom. The van der Waals surface area contributed by atoms with Crippen LogP contribution in [0.5, 0.6) is 0 Å². The summed E-state index contributed by atoms with van der Waals surface area (Å²) in [6.45, 7) is 5.56. The fourth-order valence-corrected chi connectivity index (χ4v) is 3.79. The molecule has 2 saturated heterocycles. The molecule has 1 aromatic rings. The number of carbonyl (C=O) groups is 2. The van der Waals surface area contributed by atoms with Gasteiger partial charge in [-0.1, -0.05) is 0 Å². The first-order valence-electron chi connectivity index (χ1n) is 9.78. The molecule has 3 rings (SSSR count). The molecule has 8 heteroatoms. The highest BCUT2D eigenvalue weighted by Gasteiger charge is 2.27. The smallest absolute Gasteiger partial charge is 0.225 e. The van der Waals surface area contributed by atoms with Gasteiger partial charge in [-0.2, -0.15) is 0 Å². The lowest BCUT2D eigenvalue weighted by molar-refractivity contribution is -0.135. The molecule has 0 saturated carbocycles. The van der Waals surface area contributed by atoms with Gasteiger partial charge in [0.2, 0.25) is 17.8 Å². The first kappa shape index (κ1) is 19.5. The number of anilines is 1. The Hall–Kier alpha value is -2.22. The minimum Gasteiger partial charge on any atom is -0.349 e. The molecule has 0 bridgehead atoms. The number of hydrogen-bond donors (Lipinski definition) is 0. The molecular weight excluding hydrogens is 344 g/mol. The van der Waals surface area contributed by atoms with Gasteiger partial charge in [0.1, 0.15) is 0 Å². The van der Waals surface area contributed by atoms with Crippen LogP contribution in [0.2, 0.25) is 0 Å². The van der Waals surface area contributed by atoms with Crippen molar-refractivity contribution in [1.29, 1.82) is 0 Å². The van der Waals surface area contributed by atoms with Crippen molar-refractivity contribution in [3.63, 3.8) is 0 Å². The second-order valence-electron chi connectivity index (χ2n) is 7.52. The normalized spacial score (nSPS) is 19.2. The third kappa shape index (κ3) is 5.15. The van der Waals surface area contributed by atoms with Crippen LogP contribution in [-0.2, 0) is 9.59 Å². The van der Waals surface area contributed by atoms with Crippen LogP contribution < -0.4 is 4.90 Å². The third-order valence-corrected chi connectivity index (χ3v) is 5.49. The molecule has 1 aromatic heterocycles. The van der Waals surface area contributed by atoms with Crippen molar-refractivity contribution in [3.8, 4) is 0 Å². The number of piperidine rings is 1. The highest BCUT2D eigenvalue weighted by atomic mass is 16.2. The van der Waals surface area contributed by atoms with Crippen LogP contribution >= 0.6 is 0 Å². The quantitative estimate of drug-likeness (QED) is 0.739. The monoisotopic (exact) mass is 374 g/mol. The summed E-state index contributed by atoms with van der Waals surface area (Å²) in [6, 6.07) is 1.81. The molecule has 8 nitrogen and oxygen atoms in total. The van der Waals surface area contributed by atoms with Crippen LogP contribution in [0.3, 0.4) is 0 Å². The van der Waals surface area contributed by atoms with Crippen molar-refractivity contribution < 1.29 is 9.59 Å². The number of carbonyl (C=O) groups excluding carboxylic acids is 2. The number of piperazine rings is 1. The zero-order valence-electron chi connectivity index (χ0n) is 16.4. The van der Waals surface area contributed by atoms with Gasteiger partial charge in [-0.3, -0.25) is 9.59 Å². The van der Waals surface area contributed by atoms with E-state index in [4.69, 9.17) is 0 Å². The van der Waals surface area contributed by atoms with E-state index < -0.39 is 0 Å². The van der Waals surface area contributed by atoms with Gasteiger partial charge in [-0.25, -0.2) is 9.97 Å². The molecule has 3 heterocycles. The van der Waals surface area contributed by atoms with Crippen LogP contribution in [0, 0.1) is 5.92 Å². The van der Waals surface area contributed by atoms with Crippen LogP contribution in [0.1, 0.15) is 19.3 Å². The van der Waals surface area contributed by atoms with Crippen LogP contribution in [0.25, 0.3) is 0 Å². The zero-order chi connectivity index (χ0) is 19.2. The standard InChI is InChI=1S/C19H30N6O2/c1-22(2)18(27)16-4-9-23(10-5-16)11-6-17(26)24-12-14-25(15-13-24)19-20-7-3-8-21-19/h3,7-8,16H,4-6,9-15H2,1-2H3. The molecule has 27 heavy (non-hydrogen) atoms. The van der Waals surface area contributed by atoms with E-state index in [1.165, 1.54) is 0 Å². The first-order valence-corrected chi connectivity index (χ1v) is 9.78. The summed E-state index contributed by atoms with van der Waals surface area (Å²) in [6.07, 6.45) is 5.82. The predicted molar refractivity (Wildman–Crippen MR) is 103 cm³/mol. The Bertz CT molecular complexity index is 622. The minimum absolute atomic E-state index is 0.139. The van der Waals surface area contributed by atoms with Crippen molar-refractivity contribution in [3.05, 3.63) is 18.5 Å². The largest absolute Gasteiger partial charge is 0.349 e. The topological polar surface area (TPSA) is 72.9 Å². The average Bonchev–Trinajstić information content (AvgIpc) is 2.72. The molecule has 2 amide bonds. The van der Waals surface area contributed by atoms with Gasteiger partial charge in [-0.05, 0) is 32.0 Å². The number of aromatic nitrogens is 2. The summed E-state index contributed by atoms with van der Waals surface area (Å²) >= 11 is 0. The molecule has 2 fully saturated rings. The molecule has 0 aromatic carbocycles. The maximum Gasteiger partial charge on any atom is 0.225 e. The van der Waals surface area contributed by atoms with Gasteiger partial charge in [-0.15, -0.1) is 0 Å². The SMILES string of the molecule is CN(C)C(=O)C1CCN(CCC(=O)N2CCN(c3ncccn3)CC2)CC1. The van der Waals surface area contributed by atoms with Gasteiger partial charge in [0, 0.05) is 71.6 Å². The number of amides is 2. The number of nitrogens with zero attached hydrogens (tertiary/aromatic N) is 6. The lowest BCUT2D eigenvalue weighted by atomic mass is 9.95. The van der Waals surface area contributed by atoms with Crippen molar-refractivity contribution in [2.24, 2.45) is 5.92 Å². The molecule has 0 radical (unpaired) electrons. The zero-order valence-corrected chi connectivity index (χ0v) is 16.4. The molecule has 0 aliphatic carbocycles. The van der Waals surface area contributed by atoms with E-state index in [2.05, 4.69) is 19.8 Å². The second kappa shape index (κ2) is 9.12. The van der Waals surface area contributed by atoms with Crippen molar-refractivity contribution >= 4 is 17.8 Å². The number of likely N-dealkylation sites (tertiary alicyclic amines) is 1. The lowest BCUT2D eigenvalue weighted by Gasteiger charge is -2.36. The first-order chi connectivity index (χ1) is 13.0. The molecule has 148 valence electrons. The summed E-state index contributed by atoms with van der Waals surface area (Å²) in [5, 5.41) is 0. The molecule has 0 N–H and O–H groups in total. The van der Waals surface area contributed by atoms with E-state index in [0.717, 1.165) is 64.6 Å². The van der Waals surface area contributed by atoms with E-state index in [1.807, 2.05) is 25.1 Å². The molecule has 2 aliphatic heterocycles. The number of rotatable bonds is 5. The minimum atomic E-state index is 0.139. The summed E-state index contributed by atoms with van der Waals surface area (Å²) in [7, 11) is 3.63. The molecule has 0 unspecified atom stereocenters. The fraction of sp³-hybridized carbons (Fsp3) is 0.684. The Balaban J connectivity index is 1.36. The van der Waals surface area contributed by atoms with Crippen LogP contribution in [0.4, 0.5) is 5.95 Å². The molecule has 2 aliphatic rings. The van der Waals surface area contributed by atoms with E-state index in [1.54, 1.807) is 17.3 Å². The Morgan fingerprint density at radius 1 is 1.04 bits per heavy atom. The lowest BCUT2D eigenvalue weighted by Crippen LogP contribution is -2.50. The number of hydrogen-bond acceptors (Lipinski definition) is 6. The van der Waals surface area contributed by atoms with Gasteiger partial charge in [0.15, 0.2) is 0 Å². The Labute approximate surface area is 161 Å². The van der Waals surface area contributed by atoms with Crippen molar-refractivity contribution in [1.82, 2.24) is 24.7 Å². The Kier molecular flexibility index (Phi) is 6.60. The maximum atomic E-state index is 12.5. The molecular formula is C19H30N6O2. The van der Waals surface area contributed by atoms with E-state index in [0.29, 0.717) is 6.42 Å². The maximum absolute atomic E-state index is 12.5. The third-order valence-electron chi connectivity index (χ3n) is 5.49. The van der Waals surface area contributed by atoms with E-state index in [9.17, 15) is 9.59 Å². The summed E-state index contributed by atoms with van der Waals surface area (Å²) in [5.74, 6) is 1.32. The van der Waals surface area contributed by atoms with Gasteiger partial charge < -0.3 is 19.6 Å². The average molecular weight is 374 g/mol. The Morgan fingerprint density at radius 3 is 2.26 bits per heavy atom. The summed E-state index contributed by atoms with van der Waals surface area (Å²) < 4.78 is 0. The van der Waals surface area contributed by atoms with Crippen molar-refractivity contribution in [2.45, 2.75) is 19.3 Å².